The highest BCUT2D eigenvalue weighted by Crippen LogP contribution is 2.23. The average molecular weight is 419 g/mol. The summed E-state index contributed by atoms with van der Waals surface area (Å²) in [5.41, 5.74) is 5.73. The molecule has 21 heavy (non-hydrogen) atoms. The van der Waals surface area contributed by atoms with Gasteiger partial charge in [-0.05, 0) is 16.0 Å². The van der Waals surface area contributed by atoms with Crippen molar-refractivity contribution in [2.24, 2.45) is 5.73 Å². The van der Waals surface area contributed by atoms with Crippen LogP contribution in [-0.4, -0.2) is 35.3 Å². The number of nitrogens with zero attached hydrogens (tertiary/aromatic N) is 1. The van der Waals surface area contributed by atoms with Crippen LogP contribution in [0.4, 0.5) is 0 Å². The number of amides is 2. The van der Waals surface area contributed by atoms with Crippen molar-refractivity contribution in [2.75, 3.05) is 13.1 Å². The maximum atomic E-state index is 11.6. The predicted octanol–water partition coefficient (Wildman–Crippen LogP) is 1.90. The molecule has 1 heterocycles. The summed E-state index contributed by atoms with van der Waals surface area (Å²) in [6.45, 7) is 2.92. The third-order valence-electron chi connectivity index (χ3n) is 2.72. The first-order chi connectivity index (χ1) is 10.0. The molecule has 0 fully saturated rings. The summed E-state index contributed by atoms with van der Waals surface area (Å²) in [6.07, 6.45) is 1.86. The Morgan fingerprint density at radius 1 is 1.29 bits per heavy atom. The van der Waals surface area contributed by atoms with Gasteiger partial charge in [-0.1, -0.05) is 42.5 Å². The number of carbonyl (C=O) groups excluding carboxylic acids is 2. The number of nitrogens with one attached hydrogen (secondary N) is 1. The molecule has 114 valence electrons. The number of hydrogen-bond donors (Lipinski definition) is 2. The Hall–Kier alpha value is -1.06. The Labute approximate surface area is 141 Å². The smallest absolute Gasteiger partial charge is 0.248 e. The molecule has 5 nitrogen and oxygen atoms in total. The van der Waals surface area contributed by atoms with Gasteiger partial charge in [0.2, 0.25) is 11.8 Å². The fourth-order valence-corrected chi connectivity index (χ4v) is 2.71. The minimum Gasteiger partial charge on any atom is -0.368 e. The van der Waals surface area contributed by atoms with E-state index >= 15 is 0 Å². The van der Waals surface area contributed by atoms with Crippen molar-refractivity contribution < 1.29 is 9.59 Å². The molecule has 0 spiro atoms. The molecule has 2 rings (SSSR count). The van der Waals surface area contributed by atoms with Crippen molar-refractivity contribution in [3.05, 3.63) is 48.0 Å². The van der Waals surface area contributed by atoms with Crippen LogP contribution in [0.2, 0.25) is 0 Å². The molecule has 1 aromatic rings. The number of rotatable bonds is 4. The summed E-state index contributed by atoms with van der Waals surface area (Å²) in [6, 6.07) is 11.4. The van der Waals surface area contributed by atoms with Gasteiger partial charge in [-0.3, -0.25) is 9.59 Å². The van der Waals surface area contributed by atoms with Gasteiger partial charge in [0.15, 0.2) is 0 Å². The van der Waals surface area contributed by atoms with Crippen LogP contribution in [-0.2, 0) is 9.59 Å². The Kier molecular flexibility index (Phi) is 8.40. The van der Waals surface area contributed by atoms with Crippen molar-refractivity contribution in [3.63, 3.8) is 0 Å². The van der Waals surface area contributed by atoms with Crippen LogP contribution in [0, 0.1) is 0 Å². The van der Waals surface area contributed by atoms with Crippen molar-refractivity contribution in [1.29, 1.82) is 0 Å². The Morgan fingerprint density at radius 2 is 1.81 bits per heavy atom. The highest BCUT2D eigenvalue weighted by atomic mass is 127. The first-order valence-corrected chi connectivity index (χ1v) is 9.69. The van der Waals surface area contributed by atoms with E-state index in [0.717, 1.165) is 6.54 Å². The van der Waals surface area contributed by atoms with E-state index in [2.05, 4.69) is 26.5 Å². The molecule has 1 unspecified atom stereocenters. The van der Waals surface area contributed by atoms with Gasteiger partial charge in [0, 0.05) is 39.9 Å². The van der Waals surface area contributed by atoms with E-state index < -0.39 is 11.9 Å². The number of carbonyl (C=O) groups is 2. The molecule has 1 atom stereocenters. The second kappa shape index (κ2) is 9.80. The molecule has 7 heteroatoms. The highest BCUT2D eigenvalue weighted by Gasteiger charge is 2.21. The Balaban J connectivity index is 0.000000304. The van der Waals surface area contributed by atoms with Crippen LogP contribution < -0.4 is 11.1 Å². The Morgan fingerprint density at radius 3 is 2.19 bits per heavy atom. The molecule has 1 aliphatic heterocycles. The Bertz CT molecular complexity index is 470. The number of hydrogen-bond acceptors (Lipinski definition) is 4. The van der Waals surface area contributed by atoms with Crippen LogP contribution in [0.3, 0.4) is 0 Å². The van der Waals surface area contributed by atoms with Gasteiger partial charge in [0.05, 0.1) is 0 Å². The molecule has 1 aromatic carbocycles. The van der Waals surface area contributed by atoms with Gasteiger partial charge in [-0.15, -0.1) is 0 Å². The van der Waals surface area contributed by atoms with Crippen LogP contribution >= 0.6 is 30.3 Å². The lowest BCUT2D eigenvalue weighted by atomic mass is 10.2. The number of primary amides is 1. The first kappa shape index (κ1) is 18.0. The number of benzene rings is 1. The first-order valence-electron chi connectivity index (χ1n) is 6.37. The number of halogens is 1. The summed E-state index contributed by atoms with van der Waals surface area (Å²) in [5.74, 6) is -0.740. The third-order valence-corrected chi connectivity index (χ3v) is 4.86. The second-order valence-corrected chi connectivity index (χ2v) is 6.21. The van der Waals surface area contributed by atoms with Gasteiger partial charge < -0.3 is 11.1 Å². The zero-order valence-electron chi connectivity index (χ0n) is 11.7. The molecule has 3 N–H and O–H groups in total. The lowest BCUT2D eigenvalue weighted by Crippen LogP contribution is -2.43. The van der Waals surface area contributed by atoms with Crippen molar-refractivity contribution in [1.82, 2.24) is 9.62 Å². The average Bonchev–Trinajstić information content (AvgIpc) is 2.98. The lowest BCUT2D eigenvalue weighted by molar-refractivity contribution is -0.125. The van der Waals surface area contributed by atoms with E-state index in [0.29, 0.717) is 12.1 Å². The maximum absolute atomic E-state index is 11.6. The normalized spacial score (nSPS) is 15.4. The molecule has 0 aliphatic carbocycles. The van der Waals surface area contributed by atoms with Gasteiger partial charge in [0.25, 0.3) is 0 Å². The topological polar surface area (TPSA) is 75.4 Å². The number of nitrogens with two attached hydrogens (primary N) is 1. The molecule has 0 bridgehead atoms. The van der Waals surface area contributed by atoms with Gasteiger partial charge in [-0.25, -0.2) is 4.31 Å². The molecule has 0 radical (unpaired) electrons. The van der Waals surface area contributed by atoms with E-state index in [-0.39, 0.29) is 5.91 Å². The summed E-state index contributed by atoms with van der Waals surface area (Å²) in [7, 11) is 1.56. The summed E-state index contributed by atoms with van der Waals surface area (Å²) in [4.78, 5) is 22.3. The molecular formula is C14H18IN3O2S. The minimum atomic E-state index is -0.625. The highest BCUT2D eigenvalue weighted by molar-refractivity contribution is 14.2. The van der Waals surface area contributed by atoms with E-state index in [1.54, 1.807) is 16.0 Å². The minimum absolute atomic E-state index is 0.214. The fourth-order valence-electron chi connectivity index (χ4n) is 1.49. The van der Waals surface area contributed by atoms with Crippen molar-refractivity contribution in [2.45, 2.75) is 13.0 Å². The summed E-state index contributed by atoms with van der Waals surface area (Å²) in [5, 5.41) is 2.55. The largest absolute Gasteiger partial charge is 0.368 e. The molecule has 0 saturated heterocycles. The van der Waals surface area contributed by atoms with Crippen molar-refractivity contribution in [3.8, 4) is 0 Å². The van der Waals surface area contributed by atoms with E-state index in [4.69, 9.17) is 5.73 Å². The summed E-state index contributed by atoms with van der Waals surface area (Å²) >= 11 is 2.16. The van der Waals surface area contributed by atoms with E-state index in [1.807, 2.05) is 46.8 Å². The van der Waals surface area contributed by atoms with E-state index in [9.17, 15) is 9.59 Å². The van der Waals surface area contributed by atoms with Gasteiger partial charge >= 0.3 is 0 Å². The van der Waals surface area contributed by atoms with Crippen LogP contribution in [0.1, 0.15) is 6.92 Å². The standard InChI is InChI=1S/C8H12IN3O2S.C6H6/c1-5(7(10)13)11-8(14)6-2-3-12(4-6)15-9;1-2-4-6-5-3-1/h2,5H,3-4H2,1H3,(H2,10,13)(H,11,14);1-6H. The lowest BCUT2D eigenvalue weighted by Gasteiger charge is -2.12. The zero-order valence-corrected chi connectivity index (χ0v) is 14.6. The molecule has 0 aromatic heterocycles. The SMILES string of the molecule is CC(NC(=O)C1=CCN(SI)C1)C(N)=O.c1ccccc1. The summed E-state index contributed by atoms with van der Waals surface area (Å²) < 4.78 is 2.03. The van der Waals surface area contributed by atoms with Crippen molar-refractivity contribution >= 4 is 42.1 Å². The maximum Gasteiger partial charge on any atom is 0.248 e. The van der Waals surface area contributed by atoms with Crippen LogP contribution in [0.25, 0.3) is 0 Å². The third kappa shape index (κ3) is 6.96. The van der Waals surface area contributed by atoms with Gasteiger partial charge in [-0.2, -0.15) is 0 Å². The van der Waals surface area contributed by atoms with Crippen LogP contribution in [0.15, 0.2) is 48.0 Å². The molecule has 0 saturated carbocycles. The zero-order chi connectivity index (χ0) is 15.7. The monoisotopic (exact) mass is 419 g/mol. The van der Waals surface area contributed by atoms with Crippen LogP contribution in [0.5, 0.6) is 0 Å². The molecule has 2 amide bonds. The molecular weight excluding hydrogens is 401 g/mol. The molecule has 1 aliphatic rings. The van der Waals surface area contributed by atoms with E-state index in [1.165, 1.54) is 0 Å². The fraction of sp³-hybridized carbons (Fsp3) is 0.286. The second-order valence-electron chi connectivity index (χ2n) is 4.37. The quantitative estimate of drug-likeness (QED) is 0.578. The predicted molar refractivity (Wildman–Crippen MR) is 94.5 cm³/mol. The van der Waals surface area contributed by atoms with Gasteiger partial charge in [0.1, 0.15) is 6.04 Å².